The van der Waals surface area contributed by atoms with Crippen molar-refractivity contribution in [3.05, 3.63) is 71.4 Å². The lowest BCUT2D eigenvalue weighted by Crippen LogP contribution is -2.36. The topological polar surface area (TPSA) is 96.0 Å². The first-order valence-corrected chi connectivity index (χ1v) is 12.9. The highest BCUT2D eigenvalue weighted by molar-refractivity contribution is 6.06. The molecular weight excluding hydrogens is 482 g/mol. The summed E-state index contributed by atoms with van der Waals surface area (Å²) < 4.78 is 10.9. The van der Waals surface area contributed by atoms with Crippen LogP contribution in [0.15, 0.2) is 54.7 Å². The van der Waals surface area contributed by atoms with Crippen molar-refractivity contribution < 1.29 is 19.1 Å². The summed E-state index contributed by atoms with van der Waals surface area (Å²) in [4.78, 5) is 34.4. The van der Waals surface area contributed by atoms with Crippen LogP contribution in [-0.2, 0) is 4.74 Å². The number of aromatic nitrogens is 1. The number of benzene rings is 2. The van der Waals surface area contributed by atoms with E-state index < -0.39 is 6.09 Å². The molecule has 9 heteroatoms. The Hall–Kier alpha value is -4.11. The molecule has 0 radical (unpaired) electrons. The van der Waals surface area contributed by atoms with Crippen LogP contribution in [0.4, 0.5) is 27.7 Å². The van der Waals surface area contributed by atoms with E-state index in [2.05, 4.69) is 39.3 Å². The van der Waals surface area contributed by atoms with Crippen molar-refractivity contribution in [2.45, 2.75) is 27.7 Å². The molecule has 1 aliphatic rings. The Morgan fingerprint density at radius 1 is 0.974 bits per heavy atom. The van der Waals surface area contributed by atoms with Gasteiger partial charge in [0.2, 0.25) is 0 Å². The molecule has 0 spiro atoms. The predicted molar refractivity (Wildman–Crippen MR) is 151 cm³/mol. The van der Waals surface area contributed by atoms with E-state index in [4.69, 9.17) is 9.47 Å². The monoisotopic (exact) mass is 517 g/mol. The lowest BCUT2D eigenvalue weighted by molar-refractivity contribution is 0.102. The van der Waals surface area contributed by atoms with Crippen molar-refractivity contribution in [3.8, 4) is 5.75 Å². The minimum Gasteiger partial charge on any atom is -0.410 e. The van der Waals surface area contributed by atoms with Gasteiger partial charge in [0.1, 0.15) is 11.6 Å². The summed E-state index contributed by atoms with van der Waals surface area (Å²) in [5, 5.41) is 5.72. The summed E-state index contributed by atoms with van der Waals surface area (Å²) in [5.41, 5.74) is 4.59. The summed E-state index contributed by atoms with van der Waals surface area (Å²) >= 11 is 0. The summed E-state index contributed by atoms with van der Waals surface area (Å²) in [5.74, 6) is 0.923. The number of carbonyl (C=O) groups is 2. The van der Waals surface area contributed by atoms with E-state index in [9.17, 15) is 9.59 Å². The molecule has 2 heterocycles. The van der Waals surface area contributed by atoms with Crippen molar-refractivity contribution in [2.24, 2.45) is 0 Å². The van der Waals surface area contributed by atoms with Crippen LogP contribution in [-0.4, -0.2) is 56.4 Å². The first-order valence-electron chi connectivity index (χ1n) is 12.9. The fourth-order valence-electron chi connectivity index (χ4n) is 4.39. The van der Waals surface area contributed by atoms with E-state index in [1.165, 1.54) is 0 Å². The van der Waals surface area contributed by atoms with Gasteiger partial charge in [-0.2, -0.15) is 0 Å². The molecule has 38 heavy (non-hydrogen) atoms. The molecule has 2 N–H and O–H groups in total. The highest BCUT2D eigenvalue weighted by Gasteiger charge is 2.16. The number of nitrogens with one attached hydrogen (secondary N) is 2. The van der Waals surface area contributed by atoms with Crippen LogP contribution in [0, 0.1) is 13.8 Å². The number of pyridine rings is 1. The molecule has 3 aromatic rings. The second kappa shape index (κ2) is 12.4. The zero-order valence-corrected chi connectivity index (χ0v) is 22.4. The van der Waals surface area contributed by atoms with Crippen molar-refractivity contribution in [1.29, 1.82) is 0 Å². The molecule has 4 rings (SSSR count). The van der Waals surface area contributed by atoms with Gasteiger partial charge in [0, 0.05) is 61.1 Å². The van der Waals surface area contributed by atoms with Gasteiger partial charge in [-0.05, 0) is 75.2 Å². The summed E-state index contributed by atoms with van der Waals surface area (Å²) in [6.07, 6.45) is 0.983. The number of aryl methyl sites for hydroxylation is 2. The Balaban J connectivity index is 1.41. The van der Waals surface area contributed by atoms with E-state index in [0.717, 1.165) is 48.8 Å². The molecule has 0 saturated carbocycles. The second-order valence-corrected chi connectivity index (χ2v) is 9.12. The van der Waals surface area contributed by atoms with Crippen molar-refractivity contribution in [3.63, 3.8) is 0 Å². The van der Waals surface area contributed by atoms with Crippen molar-refractivity contribution in [1.82, 2.24) is 4.98 Å². The maximum absolute atomic E-state index is 13.1. The summed E-state index contributed by atoms with van der Waals surface area (Å²) in [6, 6.07) is 14.6. The Morgan fingerprint density at radius 3 is 2.45 bits per heavy atom. The maximum atomic E-state index is 13.1. The Labute approximate surface area is 223 Å². The van der Waals surface area contributed by atoms with Gasteiger partial charge >= 0.3 is 6.09 Å². The molecule has 2 aromatic carbocycles. The molecule has 0 bridgehead atoms. The lowest BCUT2D eigenvalue weighted by atomic mass is 10.1. The highest BCUT2D eigenvalue weighted by atomic mass is 16.6. The highest BCUT2D eigenvalue weighted by Crippen LogP contribution is 2.25. The first-order chi connectivity index (χ1) is 18.4. The third-order valence-corrected chi connectivity index (χ3v) is 6.58. The first kappa shape index (κ1) is 26.9. The number of hydrogen-bond acceptors (Lipinski definition) is 7. The number of rotatable bonds is 8. The van der Waals surface area contributed by atoms with Gasteiger partial charge in [-0.15, -0.1) is 0 Å². The van der Waals surface area contributed by atoms with Gasteiger partial charge in [-0.25, -0.2) is 9.78 Å². The van der Waals surface area contributed by atoms with Crippen LogP contribution in [0.25, 0.3) is 0 Å². The third-order valence-electron chi connectivity index (χ3n) is 6.58. The maximum Gasteiger partial charge on any atom is 0.417 e. The van der Waals surface area contributed by atoms with Crippen LogP contribution in [0.3, 0.4) is 0 Å². The number of amides is 2. The lowest BCUT2D eigenvalue weighted by Gasteiger charge is -2.27. The normalized spacial score (nSPS) is 13.1. The standard InChI is InChI=1S/C29H35N5O4/c1-5-33(6-2)23-9-10-25(21(4)17-23)28(35)32-26-18-22(8-7-20(26)3)31-29(36)38-24-11-12-30-27(19-24)34-13-15-37-16-14-34/h7-12,17-19H,5-6,13-16H2,1-4H3,(H,31,36)(H,32,35). The minimum atomic E-state index is -0.631. The third kappa shape index (κ3) is 6.60. The molecule has 0 unspecified atom stereocenters. The number of anilines is 4. The SMILES string of the molecule is CCN(CC)c1ccc(C(=O)Nc2cc(NC(=O)Oc3ccnc(N4CCOCC4)c3)ccc2C)c(C)c1. The van der Waals surface area contributed by atoms with E-state index in [0.29, 0.717) is 35.9 Å². The molecule has 1 aliphatic heterocycles. The smallest absolute Gasteiger partial charge is 0.410 e. The Morgan fingerprint density at radius 2 is 1.74 bits per heavy atom. The van der Waals surface area contributed by atoms with Gasteiger partial charge in [-0.1, -0.05) is 6.07 Å². The number of hydrogen-bond donors (Lipinski definition) is 2. The molecule has 1 aromatic heterocycles. The molecule has 1 fully saturated rings. The van der Waals surface area contributed by atoms with Gasteiger partial charge < -0.3 is 24.6 Å². The Bertz CT molecular complexity index is 1290. The van der Waals surface area contributed by atoms with Gasteiger partial charge in [0.25, 0.3) is 5.91 Å². The van der Waals surface area contributed by atoms with E-state index in [1.807, 2.05) is 38.1 Å². The minimum absolute atomic E-state index is 0.205. The van der Waals surface area contributed by atoms with Crippen molar-refractivity contribution in [2.75, 3.05) is 59.8 Å². The fourth-order valence-corrected chi connectivity index (χ4v) is 4.39. The van der Waals surface area contributed by atoms with Gasteiger partial charge in [-0.3, -0.25) is 10.1 Å². The quantitative estimate of drug-likeness (QED) is 0.422. The van der Waals surface area contributed by atoms with Crippen LogP contribution in [0.2, 0.25) is 0 Å². The van der Waals surface area contributed by atoms with Gasteiger partial charge in [0.05, 0.1) is 13.2 Å². The predicted octanol–water partition coefficient (Wildman–Crippen LogP) is 5.24. The van der Waals surface area contributed by atoms with Gasteiger partial charge in [0.15, 0.2) is 0 Å². The van der Waals surface area contributed by atoms with Crippen LogP contribution >= 0.6 is 0 Å². The molecule has 2 amide bonds. The molecule has 9 nitrogen and oxygen atoms in total. The number of morpholine rings is 1. The zero-order chi connectivity index (χ0) is 27.1. The average molecular weight is 518 g/mol. The zero-order valence-electron chi connectivity index (χ0n) is 22.4. The number of ether oxygens (including phenoxy) is 2. The fraction of sp³-hybridized carbons (Fsp3) is 0.345. The molecular formula is C29H35N5O4. The molecule has 200 valence electrons. The molecule has 0 atom stereocenters. The van der Waals surface area contributed by atoms with Crippen LogP contribution < -0.4 is 25.2 Å². The molecule has 1 saturated heterocycles. The van der Waals surface area contributed by atoms with Crippen LogP contribution in [0.5, 0.6) is 5.75 Å². The van der Waals surface area contributed by atoms with E-state index >= 15 is 0 Å². The molecule has 0 aliphatic carbocycles. The second-order valence-electron chi connectivity index (χ2n) is 9.12. The largest absolute Gasteiger partial charge is 0.417 e. The van der Waals surface area contributed by atoms with E-state index in [-0.39, 0.29) is 5.91 Å². The number of carbonyl (C=O) groups excluding carboxylic acids is 2. The average Bonchev–Trinajstić information content (AvgIpc) is 2.92. The van der Waals surface area contributed by atoms with E-state index in [1.54, 1.807) is 30.5 Å². The van der Waals surface area contributed by atoms with Crippen LogP contribution in [0.1, 0.15) is 35.3 Å². The Kier molecular flexibility index (Phi) is 8.81. The number of nitrogens with zero attached hydrogens (tertiary/aromatic N) is 3. The summed E-state index contributed by atoms with van der Waals surface area (Å²) in [6.45, 7) is 12.6. The van der Waals surface area contributed by atoms with Crippen molar-refractivity contribution >= 4 is 34.9 Å². The summed E-state index contributed by atoms with van der Waals surface area (Å²) in [7, 11) is 0.